The average Bonchev–Trinajstić information content (AvgIpc) is 2.92. The lowest BCUT2D eigenvalue weighted by molar-refractivity contribution is -0.0588. The van der Waals surface area contributed by atoms with Gasteiger partial charge in [-0.3, -0.25) is 4.90 Å². The highest BCUT2D eigenvalue weighted by Gasteiger charge is 2.35. The summed E-state index contributed by atoms with van der Waals surface area (Å²) in [5.41, 5.74) is 1.19. The lowest BCUT2D eigenvalue weighted by atomic mass is 10.1. The number of nitrogens with zero attached hydrogens (tertiary/aromatic N) is 1. The van der Waals surface area contributed by atoms with E-state index in [1.54, 1.807) is 6.07 Å². The molecule has 0 aromatic heterocycles. The van der Waals surface area contributed by atoms with E-state index >= 15 is 0 Å². The van der Waals surface area contributed by atoms with Crippen LogP contribution in [-0.4, -0.2) is 41.9 Å². The number of fused-ring (bicyclic) bond motifs is 1. The molecule has 1 heterocycles. The summed E-state index contributed by atoms with van der Waals surface area (Å²) < 4.78 is 11.3. The van der Waals surface area contributed by atoms with Crippen molar-refractivity contribution < 1.29 is 14.6 Å². The summed E-state index contributed by atoms with van der Waals surface area (Å²) in [7, 11) is 0. The molecule has 3 rings (SSSR count). The highest BCUT2D eigenvalue weighted by Crippen LogP contribution is 2.32. The Kier molecular flexibility index (Phi) is 4.13. The van der Waals surface area contributed by atoms with Crippen molar-refractivity contribution in [2.24, 2.45) is 0 Å². The van der Waals surface area contributed by atoms with Gasteiger partial charge >= 0.3 is 0 Å². The maximum atomic E-state index is 9.76. The SMILES string of the molecule is CCOc1cc(CN2CCOC3CCCC32)ccc1O. The quantitative estimate of drug-likeness (QED) is 0.918. The molecule has 2 unspecified atom stereocenters. The van der Waals surface area contributed by atoms with Crippen LogP contribution >= 0.6 is 0 Å². The molecule has 1 aliphatic heterocycles. The minimum Gasteiger partial charge on any atom is -0.504 e. The normalized spacial score (nSPS) is 26.4. The van der Waals surface area contributed by atoms with Gasteiger partial charge in [-0.1, -0.05) is 6.07 Å². The summed E-state index contributed by atoms with van der Waals surface area (Å²) in [6, 6.07) is 6.23. The van der Waals surface area contributed by atoms with Gasteiger partial charge < -0.3 is 14.6 Å². The fourth-order valence-electron chi connectivity index (χ4n) is 3.36. The Morgan fingerprint density at radius 2 is 2.30 bits per heavy atom. The number of morpholine rings is 1. The molecular weight excluding hydrogens is 254 g/mol. The first-order valence-electron chi connectivity index (χ1n) is 7.58. The predicted molar refractivity (Wildman–Crippen MR) is 77.1 cm³/mol. The summed E-state index contributed by atoms with van der Waals surface area (Å²) in [6.07, 6.45) is 4.13. The van der Waals surface area contributed by atoms with Gasteiger partial charge in [-0.05, 0) is 43.9 Å². The Morgan fingerprint density at radius 3 is 3.15 bits per heavy atom. The van der Waals surface area contributed by atoms with Crippen LogP contribution in [0.4, 0.5) is 0 Å². The molecule has 4 heteroatoms. The minimum atomic E-state index is 0.219. The first kappa shape index (κ1) is 13.7. The Balaban J connectivity index is 1.72. The highest BCUT2D eigenvalue weighted by molar-refractivity contribution is 5.41. The molecule has 1 aromatic rings. The second kappa shape index (κ2) is 6.02. The van der Waals surface area contributed by atoms with Crippen LogP contribution in [0.25, 0.3) is 0 Å². The zero-order valence-corrected chi connectivity index (χ0v) is 12.0. The van der Waals surface area contributed by atoms with Crippen LogP contribution < -0.4 is 4.74 Å². The second-order valence-electron chi connectivity index (χ2n) is 5.61. The smallest absolute Gasteiger partial charge is 0.161 e. The summed E-state index contributed by atoms with van der Waals surface area (Å²) in [5, 5.41) is 9.76. The molecule has 2 fully saturated rings. The first-order chi connectivity index (χ1) is 9.78. The second-order valence-corrected chi connectivity index (χ2v) is 5.61. The van der Waals surface area contributed by atoms with Gasteiger partial charge in [-0.25, -0.2) is 0 Å². The number of hydrogen-bond acceptors (Lipinski definition) is 4. The Morgan fingerprint density at radius 1 is 1.40 bits per heavy atom. The number of aromatic hydroxyl groups is 1. The molecule has 0 spiro atoms. The number of rotatable bonds is 4. The minimum absolute atomic E-state index is 0.219. The van der Waals surface area contributed by atoms with Gasteiger partial charge in [-0.2, -0.15) is 0 Å². The monoisotopic (exact) mass is 277 g/mol. The van der Waals surface area contributed by atoms with Gasteiger partial charge in [-0.15, -0.1) is 0 Å². The van der Waals surface area contributed by atoms with Crippen molar-refractivity contribution in [1.82, 2.24) is 4.90 Å². The largest absolute Gasteiger partial charge is 0.504 e. The maximum absolute atomic E-state index is 9.76. The van der Waals surface area contributed by atoms with Crippen molar-refractivity contribution in [1.29, 1.82) is 0 Å². The molecule has 2 aliphatic rings. The van der Waals surface area contributed by atoms with Crippen molar-refractivity contribution >= 4 is 0 Å². The van der Waals surface area contributed by atoms with Crippen molar-refractivity contribution in [2.75, 3.05) is 19.8 Å². The van der Waals surface area contributed by atoms with E-state index in [0.29, 0.717) is 24.5 Å². The molecule has 0 radical (unpaired) electrons. The van der Waals surface area contributed by atoms with Crippen molar-refractivity contribution in [2.45, 2.75) is 44.9 Å². The fraction of sp³-hybridized carbons (Fsp3) is 0.625. The number of benzene rings is 1. The third-order valence-corrected chi connectivity index (χ3v) is 4.31. The van der Waals surface area contributed by atoms with Gasteiger partial charge in [0.05, 0.1) is 19.3 Å². The zero-order valence-electron chi connectivity index (χ0n) is 12.0. The van der Waals surface area contributed by atoms with E-state index in [1.165, 1.54) is 24.8 Å². The van der Waals surface area contributed by atoms with E-state index in [0.717, 1.165) is 19.7 Å². The Labute approximate surface area is 120 Å². The van der Waals surface area contributed by atoms with Crippen LogP contribution in [-0.2, 0) is 11.3 Å². The van der Waals surface area contributed by atoms with Gasteiger partial charge in [0, 0.05) is 19.1 Å². The van der Waals surface area contributed by atoms with Crippen LogP contribution in [0.1, 0.15) is 31.7 Å². The summed E-state index contributed by atoms with van der Waals surface area (Å²) in [5.74, 6) is 0.803. The lowest BCUT2D eigenvalue weighted by Gasteiger charge is -2.37. The molecule has 2 atom stereocenters. The summed E-state index contributed by atoms with van der Waals surface area (Å²) in [6.45, 7) is 5.23. The molecule has 110 valence electrons. The highest BCUT2D eigenvalue weighted by atomic mass is 16.5. The Hall–Kier alpha value is -1.26. The molecule has 1 saturated carbocycles. The van der Waals surface area contributed by atoms with Gasteiger partial charge in [0.1, 0.15) is 0 Å². The van der Waals surface area contributed by atoms with Gasteiger partial charge in [0.2, 0.25) is 0 Å². The molecule has 1 saturated heterocycles. The molecule has 0 bridgehead atoms. The van der Waals surface area contributed by atoms with E-state index in [-0.39, 0.29) is 5.75 Å². The molecule has 4 nitrogen and oxygen atoms in total. The van der Waals surface area contributed by atoms with Crippen molar-refractivity contribution in [3.63, 3.8) is 0 Å². The zero-order chi connectivity index (χ0) is 13.9. The third kappa shape index (κ3) is 2.76. The molecule has 20 heavy (non-hydrogen) atoms. The Bertz CT molecular complexity index is 463. The standard InChI is InChI=1S/C16H23NO3/c1-2-19-16-10-12(6-7-14(16)18)11-17-8-9-20-15-5-3-4-13(15)17/h6-7,10,13,15,18H,2-5,8-9,11H2,1H3. The number of hydrogen-bond donors (Lipinski definition) is 1. The maximum Gasteiger partial charge on any atom is 0.161 e. The number of phenolic OH excluding ortho intramolecular Hbond substituents is 1. The molecule has 1 aliphatic carbocycles. The summed E-state index contributed by atoms with van der Waals surface area (Å²) in [4.78, 5) is 2.52. The van der Waals surface area contributed by atoms with Gasteiger partial charge in [0.25, 0.3) is 0 Å². The molecular formula is C16H23NO3. The number of phenols is 1. The van der Waals surface area contributed by atoms with E-state index in [1.807, 2.05) is 19.1 Å². The lowest BCUT2D eigenvalue weighted by Crippen LogP contribution is -2.47. The van der Waals surface area contributed by atoms with Gasteiger partial charge in [0.15, 0.2) is 11.5 Å². The van der Waals surface area contributed by atoms with E-state index in [9.17, 15) is 5.11 Å². The van der Waals surface area contributed by atoms with Crippen LogP contribution in [0.15, 0.2) is 18.2 Å². The molecule has 0 amide bonds. The fourth-order valence-corrected chi connectivity index (χ4v) is 3.36. The van der Waals surface area contributed by atoms with E-state index in [2.05, 4.69) is 4.90 Å². The van der Waals surface area contributed by atoms with E-state index in [4.69, 9.17) is 9.47 Å². The third-order valence-electron chi connectivity index (χ3n) is 4.31. The average molecular weight is 277 g/mol. The molecule has 1 aromatic carbocycles. The van der Waals surface area contributed by atoms with Crippen LogP contribution in [0.2, 0.25) is 0 Å². The first-order valence-corrected chi connectivity index (χ1v) is 7.58. The van der Waals surface area contributed by atoms with Crippen LogP contribution in [0, 0.1) is 0 Å². The molecule has 1 N–H and O–H groups in total. The predicted octanol–water partition coefficient (Wildman–Crippen LogP) is 2.54. The number of ether oxygens (including phenoxy) is 2. The van der Waals surface area contributed by atoms with Crippen LogP contribution in [0.3, 0.4) is 0 Å². The van der Waals surface area contributed by atoms with E-state index < -0.39 is 0 Å². The van der Waals surface area contributed by atoms with Crippen molar-refractivity contribution in [3.8, 4) is 11.5 Å². The summed E-state index contributed by atoms with van der Waals surface area (Å²) >= 11 is 0. The topological polar surface area (TPSA) is 41.9 Å². The van der Waals surface area contributed by atoms with Crippen LogP contribution in [0.5, 0.6) is 11.5 Å². The van der Waals surface area contributed by atoms with Crippen molar-refractivity contribution in [3.05, 3.63) is 23.8 Å².